The Bertz CT molecular complexity index is 261. The van der Waals surface area contributed by atoms with E-state index in [1.54, 1.807) is 11.8 Å². The topological polar surface area (TPSA) is 46.3 Å². The zero-order valence-electron chi connectivity index (χ0n) is 11.5. The minimum Gasteiger partial charge on any atom is -0.337 e. The van der Waals surface area contributed by atoms with Gasteiger partial charge in [0.1, 0.15) is 0 Å². The Labute approximate surface area is 109 Å². The van der Waals surface area contributed by atoms with E-state index in [-0.39, 0.29) is 22.7 Å². The lowest BCUT2D eigenvalue weighted by Gasteiger charge is -2.38. The first-order valence-corrected chi connectivity index (χ1v) is 7.49. The Hall–Kier alpha value is -0.220. The van der Waals surface area contributed by atoms with Gasteiger partial charge in [-0.05, 0) is 26.2 Å². The molecule has 3 nitrogen and oxygen atoms in total. The van der Waals surface area contributed by atoms with Gasteiger partial charge in [-0.1, -0.05) is 20.8 Å². The molecule has 1 heterocycles. The lowest BCUT2D eigenvalue weighted by molar-refractivity contribution is -0.132. The van der Waals surface area contributed by atoms with E-state index in [1.807, 2.05) is 11.8 Å². The van der Waals surface area contributed by atoms with Crippen molar-refractivity contribution in [3.05, 3.63) is 0 Å². The number of likely N-dealkylation sites (tertiary alicyclic amines) is 1. The molecule has 0 radical (unpaired) electrons. The summed E-state index contributed by atoms with van der Waals surface area (Å²) in [7, 11) is 0. The minimum atomic E-state index is 0.0823. The van der Waals surface area contributed by atoms with Crippen molar-refractivity contribution in [1.82, 2.24) is 4.90 Å². The highest BCUT2D eigenvalue weighted by Crippen LogP contribution is 2.25. The third-order valence-electron chi connectivity index (χ3n) is 3.11. The monoisotopic (exact) mass is 258 g/mol. The maximum atomic E-state index is 12.2. The highest BCUT2D eigenvalue weighted by atomic mass is 32.2. The highest BCUT2D eigenvalue weighted by Gasteiger charge is 2.29. The molecule has 1 fully saturated rings. The van der Waals surface area contributed by atoms with Crippen LogP contribution < -0.4 is 5.73 Å². The third-order valence-corrected chi connectivity index (χ3v) is 4.36. The summed E-state index contributed by atoms with van der Waals surface area (Å²) in [5, 5.41) is 0. The van der Waals surface area contributed by atoms with E-state index in [1.165, 1.54) is 6.42 Å². The number of carbonyl (C=O) groups excluding carboxylic acids is 1. The van der Waals surface area contributed by atoms with Gasteiger partial charge in [0.05, 0.1) is 5.75 Å². The molecule has 4 heteroatoms. The summed E-state index contributed by atoms with van der Waals surface area (Å²) in [5.74, 6) is 0.833. The molecule has 0 spiro atoms. The Morgan fingerprint density at radius 2 is 2.12 bits per heavy atom. The molecule has 2 N–H and O–H groups in total. The maximum absolute atomic E-state index is 12.2. The molecule has 0 bridgehead atoms. The highest BCUT2D eigenvalue weighted by molar-refractivity contribution is 8.01. The predicted octanol–water partition coefficient (Wildman–Crippen LogP) is 2.25. The van der Waals surface area contributed by atoms with Crippen LogP contribution in [0.2, 0.25) is 0 Å². The maximum Gasteiger partial charge on any atom is 0.232 e. The number of rotatable bonds is 3. The number of carbonyl (C=O) groups is 1. The van der Waals surface area contributed by atoms with Crippen molar-refractivity contribution in [3.63, 3.8) is 0 Å². The van der Waals surface area contributed by atoms with Gasteiger partial charge in [0.15, 0.2) is 0 Å². The van der Waals surface area contributed by atoms with E-state index in [9.17, 15) is 4.79 Å². The molecule has 17 heavy (non-hydrogen) atoms. The van der Waals surface area contributed by atoms with Crippen molar-refractivity contribution in [3.8, 4) is 0 Å². The van der Waals surface area contributed by atoms with Gasteiger partial charge in [-0.2, -0.15) is 0 Å². The number of nitrogens with zero attached hydrogens (tertiary/aromatic N) is 1. The lowest BCUT2D eigenvalue weighted by atomic mass is 9.97. The summed E-state index contributed by atoms with van der Waals surface area (Å²) < 4.78 is 0.148. The van der Waals surface area contributed by atoms with Crippen molar-refractivity contribution < 1.29 is 4.79 Å². The Balaban J connectivity index is 2.53. The number of thioether (sulfide) groups is 1. The molecule has 0 aromatic carbocycles. The molecule has 1 aliphatic rings. The SMILES string of the molecule is CC(N)C1CCCCN1C(=O)CSC(C)(C)C. The van der Waals surface area contributed by atoms with Crippen LogP contribution in [0.15, 0.2) is 0 Å². The molecule has 1 saturated heterocycles. The van der Waals surface area contributed by atoms with Gasteiger partial charge >= 0.3 is 0 Å². The first-order chi connectivity index (χ1) is 7.81. The second-order valence-electron chi connectivity index (χ2n) is 5.91. The van der Waals surface area contributed by atoms with Crippen LogP contribution in [0.4, 0.5) is 0 Å². The number of hydrogen-bond acceptors (Lipinski definition) is 3. The Kier molecular flexibility index (Phi) is 5.32. The van der Waals surface area contributed by atoms with Crippen LogP contribution in [0, 0.1) is 0 Å². The summed E-state index contributed by atoms with van der Waals surface area (Å²) in [4.78, 5) is 14.2. The van der Waals surface area contributed by atoms with Crippen molar-refractivity contribution in [2.45, 2.75) is 63.8 Å². The molecule has 1 amide bonds. The summed E-state index contributed by atoms with van der Waals surface area (Å²) >= 11 is 1.72. The second kappa shape index (κ2) is 6.10. The Morgan fingerprint density at radius 3 is 2.65 bits per heavy atom. The predicted molar refractivity (Wildman–Crippen MR) is 75.2 cm³/mol. The van der Waals surface area contributed by atoms with Gasteiger partial charge in [-0.15, -0.1) is 11.8 Å². The fourth-order valence-corrected chi connectivity index (χ4v) is 2.90. The normalized spacial score (nSPS) is 23.6. The van der Waals surface area contributed by atoms with Gasteiger partial charge in [-0.3, -0.25) is 4.79 Å². The van der Waals surface area contributed by atoms with Crippen LogP contribution >= 0.6 is 11.8 Å². The van der Waals surface area contributed by atoms with Crippen molar-refractivity contribution in [2.24, 2.45) is 5.73 Å². The third kappa shape index (κ3) is 4.88. The molecule has 100 valence electrons. The first kappa shape index (κ1) is 14.8. The minimum absolute atomic E-state index is 0.0823. The van der Waals surface area contributed by atoms with Crippen LogP contribution in [0.25, 0.3) is 0 Å². The zero-order chi connectivity index (χ0) is 13.1. The Morgan fingerprint density at radius 1 is 1.47 bits per heavy atom. The van der Waals surface area contributed by atoms with E-state index in [0.29, 0.717) is 5.75 Å². The number of amides is 1. The fraction of sp³-hybridized carbons (Fsp3) is 0.923. The largest absolute Gasteiger partial charge is 0.337 e. The van der Waals surface area contributed by atoms with Gasteiger partial charge in [-0.25, -0.2) is 0 Å². The van der Waals surface area contributed by atoms with Crippen LogP contribution in [0.5, 0.6) is 0 Å². The van der Waals surface area contributed by atoms with Crippen molar-refractivity contribution >= 4 is 17.7 Å². The van der Waals surface area contributed by atoms with Crippen LogP contribution in [-0.2, 0) is 4.79 Å². The smallest absolute Gasteiger partial charge is 0.232 e. The average Bonchev–Trinajstić information content (AvgIpc) is 2.25. The molecule has 2 atom stereocenters. The van der Waals surface area contributed by atoms with E-state index in [2.05, 4.69) is 20.8 Å². The average molecular weight is 258 g/mol. The van der Waals surface area contributed by atoms with E-state index >= 15 is 0 Å². The van der Waals surface area contributed by atoms with Crippen LogP contribution in [0.1, 0.15) is 47.0 Å². The van der Waals surface area contributed by atoms with Gasteiger partial charge in [0, 0.05) is 23.4 Å². The summed E-state index contributed by atoms with van der Waals surface area (Å²) in [6.07, 6.45) is 3.38. The number of piperidine rings is 1. The van der Waals surface area contributed by atoms with E-state index < -0.39 is 0 Å². The van der Waals surface area contributed by atoms with Crippen LogP contribution in [0.3, 0.4) is 0 Å². The molecule has 0 aromatic rings. The molecule has 2 unspecified atom stereocenters. The van der Waals surface area contributed by atoms with E-state index in [4.69, 9.17) is 5.73 Å². The van der Waals surface area contributed by atoms with Gasteiger partial charge in [0.2, 0.25) is 5.91 Å². The fourth-order valence-electron chi connectivity index (χ4n) is 2.17. The molecular weight excluding hydrogens is 232 g/mol. The molecule has 0 aromatic heterocycles. The molecule has 0 saturated carbocycles. The zero-order valence-corrected chi connectivity index (χ0v) is 12.3. The second-order valence-corrected chi connectivity index (χ2v) is 7.71. The first-order valence-electron chi connectivity index (χ1n) is 6.50. The van der Waals surface area contributed by atoms with Crippen molar-refractivity contribution in [2.75, 3.05) is 12.3 Å². The summed E-state index contributed by atoms with van der Waals surface area (Å²) in [6.45, 7) is 9.32. The van der Waals surface area contributed by atoms with Crippen LogP contribution in [-0.4, -0.2) is 39.9 Å². The van der Waals surface area contributed by atoms with Gasteiger partial charge in [0.25, 0.3) is 0 Å². The molecule has 1 aliphatic heterocycles. The number of nitrogens with two attached hydrogens (primary N) is 1. The molecule has 1 rings (SSSR count). The van der Waals surface area contributed by atoms with E-state index in [0.717, 1.165) is 19.4 Å². The number of hydrogen-bond donors (Lipinski definition) is 1. The molecule has 0 aliphatic carbocycles. The summed E-state index contributed by atoms with van der Waals surface area (Å²) in [6, 6.07) is 0.329. The lowest BCUT2D eigenvalue weighted by Crippen LogP contribution is -2.52. The quantitative estimate of drug-likeness (QED) is 0.844. The molecular formula is C13H26N2OS. The van der Waals surface area contributed by atoms with Crippen molar-refractivity contribution in [1.29, 1.82) is 0 Å². The van der Waals surface area contributed by atoms with Gasteiger partial charge < -0.3 is 10.6 Å². The standard InChI is InChI=1S/C13H26N2OS/c1-10(14)11-7-5-6-8-15(11)12(16)9-17-13(2,3)4/h10-11H,5-9,14H2,1-4H3. The summed E-state index contributed by atoms with van der Waals surface area (Å²) in [5.41, 5.74) is 5.98.